The van der Waals surface area contributed by atoms with E-state index < -0.39 is 0 Å². The minimum atomic E-state index is -0.145. The van der Waals surface area contributed by atoms with E-state index in [0.717, 1.165) is 18.5 Å². The number of nitrogens with one attached hydrogen (secondary N) is 1. The van der Waals surface area contributed by atoms with Crippen LogP contribution >= 0.6 is 11.3 Å². The molecule has 8 nitrogen and oxygen atoms in total. The Morgan fingerprint density at radius 2 is 2.09 bits per heavy atom. The first-order valence-corrected chi connectivity index (χ1v) is 12.1. The van der Waals surface area contributed by atoms with Crippen LogP contribution in [0.25, 0.3) is 22.5 Å². The number of nitrogens with zero attached hydrogens (tertiary/aromatic N) is 4. The number of thiophene rings is 1. The Morgan fingerprint density at radius 1 is 1.24 bits per heavy atom. The fraction of sp³-hybridized carbons (Fsp3) is 0.375. The largest absolute Gasteiger partial charge is 0.463 e. The highest BCUT2D eigenvalue weighted by Crippen LogP contribution is 2.28. The van der Waals surface area contributed by atoms with Crippen LogP contribution in [-0.2, 0) is 4.74 Å². The maximum absolute atomic E-state index is 13.5. The summed E-state index contributed by atoms with van der Waals surface area (Å²) in [5.74, 6) is 0.473. The van der Waals surface area contributed by atoms with E-state index in [2.05, 4.69) is 32.8 Å². The number of rotatable bonds is 7. The standard InChI is InChI=1S/C24H27N5O3S/c1-16(2)29-23-18(14-26-29)17(13-19(27-23)21-5-3-9-32-21)24(30)25-15-20(22-6-4-12-33-22)28-7-10-31-11-8-28/h3-6,9,12-14,16,20H,7-8,10-11,15H2,1-2H3,(H,25,30)/t20-/m0/s1. The van der Waals surface area contributed by atoms with Crippen molar-refractivity contribution in [3.8, 4) is 11.5 Å². The van der Waals surface area contributed by atoms with Crippen LogP contribution in [0.1, 0.15) is 41.2 Å². The van der Waals surface area contributed by atoms with Gasteiger partial charge in [0.1, 0.15) is 5.69 Å². The molecule has 172 valence electrons. The van der Waals surface area contributed by atoms with Gasteiger partial charge in [-0.1, -0.05) is 6.07 Å². The van der Waals surface area contributed by atoms with Crippen molar-refractivity contribution in [1.29, 1.82) is 0 Å². The molecule has 4 aromatic heterocycles. The average Bonchev–Trinajstić information content (AvgIpc) is 3.61. The average molecular weight is 466 g/mol. The highest BCUT2D eigenvalue weighted by molar-refractivity contribution is 7.10. The van der Waals surface area contributed by atoms with Gasteiger partial charge in [-0.3, -0.25) is 9.69 Å². The SMILES string of the molecule is CC(C)n1ncc2c(C(=O)NC[C@@H](c3cccs3)N3CCOCC3)cc(-c3ccco3)nc21. The van der Waals surface area contributed by atoms with Crippen LogP contribution in [0.3, 0.4) is 0 Å². The minimum Gasteiger partial charge on any atom is -0.463 e. The third kappa shape index (κ3) is 4.44. The Morgan fingerprint density at radius 3 is 2.79 bits per heavy atom. The predicted molar refractivity (Wildman–Crippen MR) is 127 cm³/mol. The van der Waals surface area contributed by atoms with E-state index in [4.69, 9.17) is 14.1 Å². The number of morpholine rings is 1. The molecule has 5 heterocycles. The summed E-state index contributed by atoms with van der Waals surface area (Å²) >= 11 is 1.71. The first-order valence-electron chi connectivity index (χ1n) is 11.2. The lowest BCUT2D eigenvalue weighted by Crippen LogP contribution is -2.43. The number of ether oxygens (including phenoxy) is 1. The van der Waals surface area contributed by atoms with Gasteiger partial charge in [-0.15, -0.1) is 11.3 Å². The molecule has 4 aromatic rings. The number of furan rings is 1. The van der Waals surface area contributed by atoms with E-state index in [0.29, 0.717) is 42.4 Å². The molecule has 1 aliphatic rings. The van der Waals surface area contributed by atoms with Crippen molar-refractivity contribution in [2.75, 3.05) is 32.8 Å². The summed E-state index contributed by atoms with van der Waals surface area (Å²) in [5.41, 5.74) is 1.83. The quantitative estimate of drug-likeness (QED) is 0.442. The van der Waals surface area contributed by atoms with E-state index in [1.807, 2.05) is 30.7 Å². The Labute approximate surface area is 196 Å². The van der Waals surface area contributed by atoms with Gasteiger partial charge >= 0.3 is 0 Å². The second-order valence-electron chi connectivity index (χ2n) is 8.34. The minimum absolute atomic E-state index is 0.109. The Balaban J connectivity index is 1.46. The summed E-state index contributed by atoms with van der Waals surface area (Å²) in [4.78, 5) is 21.8. The number of pyridine rings is 1. The van der Waals surface area contributed by atoms with Crippen LogP contribution in [-0.4, -0.2) is 58.4 Å². The lowest BCUT2D eigenvalue weighted by atomic mass is 10.1. The number of hydrogen-bond donors (Lipinski definition) is 1. The summed E-state index contributed by atoms with van der Waals surface area (Å²) in [6, 6.07) is 9.85. The monoisotopic (exact) mass is 465 g/mol. The molecule has 0 aromatic carbocycles. The fourth-order valence-electron chi connectivity index (χ4n) is 4.20. The maximum atomic E-state index is 13.5. The molecule has 1 atom stereocenters. The Bertz CT molecular complexity index is 1210. The zero-order valence-electron chi connectivity index (χ0n) is 18.7. The van der Waals surface area contributed by atoms with Crippen molar-refractivity contribution in [2.24, 2.45) is 0 Å². The van der Waals surface area contributed by atoms with Crippen LogP contribution in [0.5, 0.6) is 0 Å². The van der Waals surface area contributed by atoms with Gasteiger partial charge in [0, 0.05) is 30.6 Å². The Hall–Kier alpha value is -3.01. The molecule has 1 amide bonds. The van der Waals surface area contributed by atoms with Crippen molar-refractivity contribution >= 4 is 28.3 Å². The second-order valence-corrected chi connectivity index (χ2v) is 9.32. The molecule has 0 saturated carbocycles. The Kier molecular flexibility index (Phi) is 6.26. The molecular weight excluding hydrogens is 438 g/mol. The van der Waals surface area contributed by atoms with Crippen LogP contribution in [0.4, 0.5) is 0 Å². The van der Waals surface area contributed by atoms with Gasteiger partial charge in [-0.2, -0.15) is 5.10 Å². The zero-order chi connectivity index (χ0) is 22.8. The van der Waals surface area contributed by atoms with Crippen molar-refractivity contribution in [2.45, 2.75) is 25.9 Å². The number of hydrogen-bond acceptors (Lipinski definition) is 7. The molecule has 0 radical (unpaired) electrons. The molecule has 0 spiro atoms. The maximum Gasteiger partial charge on any atom is 0.252 e. The highest BCUT2D eigenvalue weighted by Gasteiger charge is 2.25. The summed E-state index contributed by atoms with van der Waals surface area (Å²) < 4.78 is 12.9. The fourth-order valence-corrected chi connectivity index (χ4v) is 5.06. The third-order valence-corrected chi connectivity index (χ3v) is 6.86. The van der Waals surface area contributed by atoms with Gasteiger partial charge in [0.15, 0.2) is 11.4 Å². The van der Waals surface area contributed by atoms with Crippen molar-refractivity contribution < 1.29 is 13.9 Å². The number of carbonyl (C=O) groups excluding carboxylic acids is 1. The van der Waals surface area contributed by atoms with Gasteiger partial charge in [0.25, 0.3) is 5.91 Å². The molecular formula is C24H27N5O3S. The van der Waals surface area contributed by atoms with E-state index in [9.17, 15) is 4.79 Å². The van der Waals surface area contributed by atoms with Gasteiger partial charge in [0.2, 0.25) is 0 Å². The molecule has 0 bridgehead atoms. The van der Waals surface area contributed by atoms with Crippen LogP contribution in [0, 0.1) is 0 Å². The predicted octanol–water partition coefficient (Wildman–Crippen LogP) is 4.14. The van der Waals surface area contributed by atoms with Crippen LogP contribution in [0.2, 0.25) is 0 Å². The third-order valence-electron chi connectivity index (χ3n) is 5.89. The van der Waals surface area contributed by atoms with Crippen LogP contribution in [0.15, 0.2) is 52.6 Å². The van der Waals surface area contributed by atoms with Crippen LogP contribution < -0.4 is 5.32 Å². The molecule has 1 N–H and O–H groups in total. The first kappa shape index (κ1) is 21.8. The summed E-state index contributed by atoms with van der Waals surface area (Å²) in [6.45, 7) is 7.72. The molecule has 33 heavy (non-hydrogen) atoms. The second kappa shape index (κ2) is 9.46. The number of carbonyl (C=O) groups is 1. The lowest BCUT2D eigenvalue weighted by molar-refractivity contribution is 0.0169. The lowest BCUT2D eigenvalue weighted by Gasteiger charge is -2.34. The topological polar surface area (TPSA) is 85.4 Å². The van der Waals surface area contributed by atoms with Crippen molar-refractivity contribution in [3.05, 3.63) is 58.6 Å². The molecule has 1 fully saturated rings. The van der Waals surface area contributed by atoms with Crippen molar-refractivity contribution in [3.63, 3.8) is 0 Å². The normalized spacial score (nSPS) is 15.8. The van der Waals surface area contributed by atoms with Gasteiger partial charge in [-0.25, -0.2) is 9.67 Å². The first-order chi connectivity index (χ1) is 16.1. The summed E-state index contributed by atoms with van der Waals surface area (Å²) in [5, 5.41) is 10.5. The molecule has 1 saturated heterocycles. The van der Waals surface area contributed by atoms with Gasteiger partial charge in [-0.05, 0) is 43.5 Å². The van der Waals surface area contributed by atoms with E-state index in [1.165, 1.54) is 4.88 Å². The number of fused-ring (bicyclic) bond motifs is 1. The van der Waals surface area contributed by atoms with Gasteiger partial charge < -0.3 is 14.5 Å². The van der Waals surface area contributed by atoms with Gasteiger partial charge in [0.05, 0.1) is 42.7 Å². The highest BCUT2D eigenvalue weighted by atomic mass is 32.1. The van der Waals surface area contributed by atoms with E-state index in [-0.39, 0.29) is 18.0 Å². The summed E-state index contributed by atoms with van der Waals surface area (Å²) in [7, 11) is 0. The van der Waals surface area contributed by atoms with E-state index >= 15 is 0 Å². The number of aromatic nitrogens is 3. The summed E-state index contributed by atoms with van der Waals surface area (Å²) in [6.07, 6.45) is 3.33. The molecule has 1 aliphatic heterocycles. The molecule has 5 rings (SSSR count). The van der Waals surface area contributed by atoms with E-state index in [1.54, 1.807) is 29.9 Å². The van der Waals surface area contributed by atoms with Crippen molar-refractivity contribution in [1.82, 2.24) is 25.0 Å². The molecule has 0 unspecified atom stereocenters. The zero-order valence-corrected chi connectivity index (χ0v) is 19.5. The smallest absolute Gasteiger partial charge is 0.252 e. The molecule has 9 heteroatoms. The number of amides is 1. The molecule has 0 aliphatic carbocycles.